The Morgan fingerprint density at radius 3 is 3.11 bits per heavy atom. The minimum absolute atomic E-state index is 0.358. The van der Waals surface area contributed by atoms with Crippen LogP contribution in [0.4, 0.5) is 0 Å². The van der Waals surface area contributed by atoms with Crippen LogP contribution in [0.5, 0.6) is 0 Å². The van der Waals surface area contributed by atoms with Crippen molar-refractivity contribution in [2.45, 2.75) is 44.6 Å². The number of aryl methyl sites for hydroxylation is 1. The lowest BCUT2D eigenvalue weighted by molar-refractivity contribution is 0.441. The van der Waals surface area contributed by atoms with Gasteiger partial charge in [0.05, 0.1) is 6.26 Å². The molecule has 0 radical (unpaired) electrons. The fourth-order valence-corrected chi connectivity index (χ4v) is 2.63. The molecule has 3 rings (SSSR count). The third-order valence-electron chi connectivity index (χ3n) is 3.50. The molecule has 0 saturated heterocycles. The molecule has 1 unspecified atom stereocenters. The van der Waals surface area contributed by atoms with Gasteiger partial charge in [-0.25, -0.2) is 0 Å². The van der Waals surface area contributed by atoms with Gasteiger partial charge in [0.2, 0.25) is 0 Å². The summed E-state index contributed by atoms with van der Waals surface area (Å²) in [6, 6.07) is 4.31. The summed E-state index contributed by atoms with van der Waals surface area (Å²) < 4.78 is 8.28. The first-order valence-corrected chi connectivity index (χ1v) is 6.85. The van der Waals surface area contributed by atoms with Gasteiger partial charge >= 0.3 is 0 Å². The first-order chi connectivity index (χ1) is 8.75. The number of rotatable bonds is 5. The first-order valence-electron chi connectivity index (χ1n) is 6.45. The highest BCUT2D eigenvalue weighted by Crippen LogP contribution is 2.40. The highest BCUT2D eigenvalue weighted by Gasteiger charge is 2.30. The van der Waals surface area contributed by atoms with Crippen LogP contribution in [0.1, 0.15) is 49.7 Å². The maximum Gasteiger partial charge on any atom is 0.195 e. The van der Waals surface area contributed by atoms with Gasteiger partial charge in [-0.3, -0.25) is 5.10 Å². The maximum atomic E-state index is 5.36. The minimum Gasteiger partial charge on any atom is -0.469 e. The first kappa shape index (κ1) is 11.7. The normalized spacial score (nSPS) is 16.9. The van der Waals surface area contributed by atoms with Crippen molar-refractivity contribution < 1.29 is 4.42 Å². The fraction of sp³-hybridized carbons (Fsp3) is 0.538. The van der Waals surface area contributed by atoms with Gasteiger partial charge in [0, 0.05) is 18.4 Å². The predicted octanol–water partition coefficient (Wildman–Crippen LogP) is 3.60. The zero-order chi connectivity index (χ0) is 12.5. The molecule has 1 saturated carbocycles. The topological polar surface area (TPSA) is 46.8 Å². The second-order valence-electron chi connectivity index (χ2n) is 5.00. The number of nitrogens with zero attached hydrogens (tertiary/aromatic N) is 2. The third kappa shape index (κ3) is 2.27. The van der Waals surface area contributed by atoms with Crippen molar-refractivity contribution >= 4 is 12.2 Å². The van der Waals surface area contributed by atoms with E-state index < -0.39 is 0 Å². The van der Waals surface area contributed by atoms with E-state index in [4.69, 9.17) is 16.6 Å². The van der Waals surface area contributed by atoms with E-state index in [1.54, 1.807) is 6.26 Å². The summed E-state index contributed by atoms with van der Waals surface area (Å²) in [5, 5.41) is 7.29. The van der Waals surface area contributed by atoms with Gasteiger partial charge in [-0.15, -0.1) is 0 Å². The fourth-order valence-electron chi connectivity index (χ4n) is 2.31. The molecule has 4 nitrogen and oxygen atoms in total. The molecule has 0 spiro atoms. The number of hydrogen-bond donors (Lipinski definition) is 1. The summed E-state index contributed by atoms with van der Waals surface area (Å²) in [5.41, 5.74) is 0. The van der Waals surface area contributed by atoms with E-state index in [9.17, 15) is 0 Å². The SMILES string of the molecule is CC(CCc1ccco1)n1c(C2CC2)n[nH]c1=S. The highest BCUT2D eigenvalue weighted by molar-refractivity contribution is 7.71. The van der Waals surface area contributed by atoms with E-state index in [0.29, 0.717) is 12.0 Å². The average molecular weight is 263 g/mol. The smallest absolute Gasteiger partial charge is 0.195 e. The van der Waals surface area contributed by atoms with Crippen LogP contribution in [-0.4, -0.2) is 14.8 Å². The summed E-state index contributed by atoms with van der Waals surface area (Å²) in [4.78, 5) is 0. The lowest BCUT2D eigenvalue weighted by atomic mass is 10.1. The van der Waals surface area contributed by atoms with Crippen molar-refractivity contribution in [3.63, 3.8) is 0 Å². The molecule has 18 heavy (non-hydrogen) atoms. The number of nitrogens with one attached hydrogen (secondary N) is 1. The predicted molar refractivity (Wildman–Crippen MR) is 71.1 cm³/mol. The van der Waals surface area contributed by atoms with Crippen molar-refractivity contribution in [3.05, 3.63) is 34.8 Å². The lowest BCUT2D eigenvalue weighted by Crippen LogP contribution is -2.10. The van der Waals surface area contributed by atoms with E-state index in [1.165, 1.54) is 12.8 Å². The summed E-state index contributed by atoms with van der Waals surface area (Å²) in [7, 11) is 0. The van der Waals surface area contributed by atoms with E-state index in [-0.39, 0.29) is 0 Å². The summed E-state index contributed by atoms with van der Waals surface area (Å²) in [5.74, 6) is 2.78. The second-order valence-corrected chi connectivity index (χ2v) is 5.38. The molecule has 0 aliphatic heterocycles. The molecule has 1 N–H and O–H groups in total. The van der Waals surface area contributed by atoms with Crippen LogP contribution in [-0.2, 0) is 6.42 Å². The minimum atomic E-state index is 0.358. The van der Waals surface area contributed by atoms with Crippen LogP contribution < -0.4 is 0 Å². The molecular weight excluding hydrogens is 246 g/mol. The molecule has 0 bridgehead atoms. The Kier molecular flexibility index (Phi) is 3.07. The van der Waals surface area contributed by atoms with Crippen molar-refractivity contribution in [1.82, 2.24) is 14.8 Å². The van der Waals surface area contributed by atoms with Gasteiger partial charge in [0.1, 0.15) is 11.6 Å². The van der Waals surface area contributed by atoms with E-state index in [0.717, 1.165) is 29.2 Å². The molecule has 0 amide bonds. The van der Waals surface area contributed by atoms with Crippen LogP contribution in [0.2, 0.25) is 0 Å². The molecule has 1 atom stereocenters. The van der Waals surface area contributed by atoms with Crippen LogP contribution in [0.15, 0.2) is 22.8 Å². The lowest BCUT2D eigenvalue weighted by Gasteiger charge is -2.14. The summed E-state index contributed by atoms with van der Waals surface area (Å²) >= 11 is 5.33. The Labute approximate surface area is 111 Å². The average Bonchev–Trinajstić information content (AvgIpc) is 2.93. The molecule has 96 valence electrons. The molecule has 2 aromatic heterocycles. The van der Waals surface area contributed by atoms with Crippen molar-refractivity contribution in [2.24, 2.45) is 0 Å². The Morgan fingerprint density at radius 1 is 1.61 bits per heavy atom. The standard InChI is InChI=1S/C13H17N3OS/c1-9(4-7-11-3-2-8-17-11)16-12(10-5-6-10)14-15-13(16)18/h2-3,8-10H,4-7H2,1H3,(H,15,18). The van der Waals surface area contributed by atoms with Gasteiger partial charge < -0.3 is 8.98 Å². The van der Waals surface area contributed by atoms with Gasteiger partial charge in [0.25, 0.3) is 0 Å². The number of furan rings is 1. The van der Waals surface area contributed by atoms with Gasteiger partial charge in [-0.05, 0) is 50.5 Å². The molecule has 1 aliphatic carbocycles. The van der Waals surface area contributed by atoms with Gasteiger partial charge in [-0.2, -0.15) is 5.10 Å². The Hall–Kier alpha value is -1.36. The van der Waals surface area contributed by atoms with Crippen molar-refractivity contribution in [3.8, 4) is 0 Å². The molecular formula is C13H17N3OS. The molecule has 5 heteroatoms. The number of hydrogen-bond acceptors (Lipinski definition) is 3. The second kappa shape index (κ2) is 4.72. The Bertz CT molecular complexity index is 565. The number of aromatic nitrogens is 3. The van der Waals surface area contributed by atoms with E-state index in [2.05, 4.69) is 21.7 Å². The van der Waals surface area contributed by atoms with E-state index >= 15 is 0 Å². The van der Waals surface area contributed by atoms with Gasteiger partial charge in [0.15, 0.2) is 4.77 Å². The molecule has 1 aliphatic rings. The highest BCUT2D eigenvalue weighted by atomic mass is 32.1. The largest absolute Gasteiger partial charge is 0.469 e. The van der Waals surface area contributed by atoms with Crippen LogP contribution >= 0.6 is 12.2 Å². The molecule has 2 aromatic rings. The van der Waals surface area contributed by atoms with Gasteiger partial charge in [-0.1, -0.05) is 0 Å². The Balaban J connectivity index is 1.73. The van der Waals surface area contributed by atoms with Crippen LogP contribution in [0.25, 0.3) is 0 Å². The van der Waals surface area contributed by atoms with Crippen LogP contribution in [0, 0.1) is 4.77 Å². The van der Waals surface area contributed by atoms with Crippen LogP contribution in [0.3, 0.4) is 0 Å². The zero-order valence-corrected chi connectivity index (χ0v) is 11.2. The number of H-pyrrole nitrogens is 1. The quantitative estimate of drug-likeness (QED) is 0.838. The van der Waals surface area contributed by atoms with E-state index in [1.807, 2.05) is 12.1 Å². The maximum absolute atomic E-state index is 5.36. The Morgan fingerprint density at radius 2 is 2.44 bits per heavy atom. The summed E-state index contributed by atoms with van der Waals surface area (Å²) in [6.45, 7) is 2.19. The molecule has 1 fully saturated rings. The zero-order valence-electron chi connectivity index (χ0n) is 10.4. The van der Waals surface area contributed by atoms with Crippen molar-refractivity contribution in [2.75, 3.05) is 0 Å². The van der Waals surface area contributed by atoms with Crippen molar-refractivity contribution in [1.29, 1.82) is 0 Å². The monoisotopic (exact) mass is 263 g/mol. The molecule has 2 heterocycles. The number of aromatic amines is 1. The third-order valence-corrected chi connectivity index (χ3v) is 3.79. The molecule has 0 aromatic carbocycles. The summed E-state index contributed by atoms with van der Waals surface area (Å²) in [6.07, 6.45) is 6.15.